The van der Waals surface area contributed by atoms with Gasteiger partial charge in [0, 0.05) is 25.6 Å². The molecule has 0 fully saturated rings. The molecule has 1 rings (SSSR count). The summed E-state index contributed by atoms with van der Waals surface area (Å²) in [5.74, 6) is 5.82. The molecule has 0 aliphatic rings. The smallest absolute Gasteiger partial charge is 0.220 e. The summed E-state index contributed by atoms with van der Waals surface area (Å²) in [4.78, 5) is 11.7. The van der Waals surface area contributed by atoms with E-state index in [0.717, 1.165) is 17.5 Å². The van der Waals surface area contributed by atoms with Crippen molar-refractivity contribution in [2.75, 3.05) is 13.7 Å². The highest BCUT2D eigenvalue weighted by molar-refractivity contribution is 5.75. The second-order valence-electron chi connectivity index (χ2n) is 4.57. The van der Waals surface area contributed by atoms with E-state index in [2.05, 4.69) is 17.2 Å². The Balaban J connectivity index is 2.43. The van der Waals surface area contributed by atoms with Crippen LogP contribution in [0.3, 0.4) is 0 Å². The van der Waals surface area contributed by atoms with Crippen LogP contribution >= 0.6 is 0 Å². The fourth-order valence-electron chi connectivity index (χ4n) is 1.65. The minimum absolute atomic E-state index is 0.0346. The molecule has 0 radical (unpaired) electrons. The Hall–Kier alpha value is -1.83. The van der Waals surface area contributed by atoms with Gasteiger partial charge >= 0.3 is 0 Å². The molecule has 0 saturated carbocycles. The lowest BCUT2D eigenvalue weighted by Gasteiger charge is -2.09. The third kappa shape index (κ3) is 6.37. The first-order valence-electron chi connectivity index (χ1n) is 6.73. The summed E-state index contributed by atoms with van der Waals surface area (Å²) in [7, 11) is 1.65. The van der Waals surface area contributed by atoms with Gasteiger partial charge in [0.15, 0.2) is 0 Å². The van der Waals surface area contributed by atoms with Crippen molar-refractivity contribution in [2.45, 2.75) is 32.4 Å². The largest absolute Gasteiger partial charge is 0.382 e. The summed E-state index contributed by atoms with van der Waals surface area (Å²) in [6, 6.07) is 7.77. The summed E-state index contributed by atoms with van der Waals surface area (Å²) in [5.41, 5.74) is 7.28. The molecule has 0 spiro atoms. The average Bonchev–Trinajstić information content (AvgIpc) is 2.48. The van der Waals surface area contributed by atoms with Crippen LogP contribution in [0.2, 0.25) is 0 Å². The Morgan fingerprint density at radius 3 is 3.00 bits per heavy atom. The van der Waals surface area contributed by atoms with Crippen molar-refractivity contribution in [2.24, 2.45) is 5.73 Å². The molecule has 1 aromatic rings. The number of rotatable bonds is 6. The van der Waals surface area contributed by atoms with Gasteiger partial charge in [0.1, 0.15) is 0 Å². The Bertz CT molecular complexity index is 489. The molecule has 0 aliphatic heterocycles. The maximum absolute atomic E-state index is 11.7. The Kier molecular flexibility index (Phi) is 7.41. The minimum atomic E-state index is 0.0346. The van der Waals surface area contributed by atoms with Gasteiger partial charge in [0.05, 0.1) is 12.6 Å². The average molecular weight is 274 g/mol. The molecule has 1 atom stereocenters. The van der Waals surface area contributed by atoms with Crippen molar-refractivity contribution in [3.8, 4) is 11.8 Å². The molecule has 1 aromatic carbocycles. The summed E-state index contributed by atoms with van der Waals surface area (Å²) in [6.07, 6.45) is 1.31. The lowest BCUT2D eigenvalue weighted by Crippen LogP contribution is -2.23. The number of methoxy groups -OCH3 is 1. The molecule has 4 nitrogen and oxygen atoms in total. The van der Waals surface area contributed by atoms with Gasteiger partial charge in [-0.1, -0.05) is 24.0 Å². The number of amides is 1. The van der Waals surface area contributed by atoms with E-state index in [-0.39, 0.29) is 12.0 Å². The Morgan fingerprint density at radius 2 is 2.30 bits per heavy atom. The van der Waals surface area contributed by atoms with Crippen LogP contribution in [0.4, 0.5) is 0 Å². The lowest BCUT2D eigenvalue weighted by atomic mass is 10.1. The molecule has 0 aromatic heterocycles. The number of carbonyl (C=O) groups excluding carboxylic acids is 1. The summed E-state index contributed by atoms with van der Waals surface area (Å²) in [5, 5.41) is 2.89. The highest BCUT2D eigenvalue weighted by Gasteiger charge is 2.05. The van der Waals surface area contributed by atoms with E-state index in [0.29, 0.717) is 19.5 Å². The first-order chi connectivity index (χ1) is 9.65. The molecule has 0 aliphatic carbocycles. The number of ether oxygens (including phenoxy) is 1. The number of hydrogen-bond acceptors (Lipinski definition) is 3. The van der Waals surface area contributed by atoms with E-state index in [1.54, 1.807) is 7.11 Å². The normalized spacial score (nSPS) is 11.3. The maximum atomic E-state index is 11.7. The van der Waals surface area contributed by atoms with E-state index in [4.69, 9.17) is 10.5 Å². The van der Waals surface area contributed by atoms with E-state index >= 15 is 0 Å². The molecule has 1 unspecified atom stereocenters. The molecular weight excluding hydrogens is 252 g/mol. The second kappa shape index (κ2) is 9.13. The van der Waals surface area contributed by atoms with Crippen LogP contribution in [0.15, 0.2) is 24.3 Å². The van der Waals surface area contributed by atoms with Crippen molar-refractivity contribution in [1.29, 1.82) is 0 Å². The molecule has 20 heavy (non-hydrogen) atoms. The predicted octanol–water partition coefficient (Wildman–Crippen LogP) is 1.43. The Labute approximate surface area is 120 Å². The fourth-order valence-corrected chi connectivity index (χ4v) is 1.65. The van der Waals surface area contributed by atoms with Gasteiger partial charge < -0.3 is 15.8 Å². The van der Waals surface area contributed by atoms with Crippen molar-refractivity contribution in [3.63, 3.8) is 0 Å². The summed E-state index contributed by atoms with van der Waals surface area (Å²) >= 11 is 0. The zero-order valence-electron chi connectivity index (χ0n) is 12.1. The highest BCUT2D eigenvalue weighted by atomic mass is 16.5. The molecule has 108 valence electrons. The molecule has 0 saturated heterocycles. The summed E-state index contributed by atoms with van der Waals surface area (Å²) < 4.78 is 5.11. The van der Waals surface area contributed by atoms with Crippen molar-refractivity contribution >= 4 is 5.91 Å². The van der Waals surface area contributed by atoms with Crippen LogP contribution in [-0.2, 0) is 16.1 Å². The van der Waals surface area contributed by atoms with Gasteiger partial charge in [-0.2, -0.15) is 0 Å². The van der Waals surface area contributed by atoms with Crippen molar-refractivity contribution in [1.82, 2.24) is 5.32 Å². The molecule has 4 heteroatoms. The van der Waals surface area contributed by atoms with Gasteiger partial charge in [-0.05, 0) is 31.0 Å². The minimum Gasteiger partial charge on any atom is -0.382 e. The number of nitrogens with one attached hydrogen (secondary N) is 1. The van der Waals surface area contributed by atoms with E-state index in [9.17, 15) is 4.79 Å². The van der Waals surface area contributed by atoms with Crippen LogP contribution in [-0.4, -0.2) is 25.7 Å². The fraction of sp³-hybridized carbons (Fsp3) is 0.438. The maximum Gasteiger partial charge on any atom is 0.220 e. The summed E-state index contributed by atoms with van der Waals surface area (Å²) in [6.45, 7) is 2.81. The number of carbonyl (C=O) groups is 1. The van der Waals surface area contributed by atoms with Crippen LogP contribution in [0, 0.1) is 11.8 Å². The zero-order valence-corrected chi connectivity index (χ0v) is 12.1. The molecule has 0 bridgehead atoms. The lowest BCUT2D eigenvalue weighted by molar-refractivity contribution is -0.121. The SMILES string of the molecule is COC(C)CCC(=O)NCc1cccc(C#CCN)c1. The van der Waals surface area contributed by atoms with E-state index in [1.807, 2.05) is 31.2 Å². The third-order valence-electron chi connectivity index (χ3n) is 2.93. The first kappa shape index (κ1) is 16.2. The quantitative estimate of drug-likeness (QED) is 0.771. The predicted molar refractivity (Wildman–Crippen MR) is 79.9 cm³/mol. The number of nitrogens with two attached hydrogens (primary N) is 1. The van der Waals surface area contributed by atoms with Crippen LogP contribution in [0.5, 0.6) is 0 Å². The molecule has 1 amide bonds. The number of benzene rings is 1. The van der Waals surface area contributed by atoms with E-state index < -0.39 is 0 Å². The standard InChI is InChI=1S/C16H22N2O2/c1-13(20-2)8-9-16(19)18-12-15-6-3-5-14(11-15)7-4-10-17/h3,5-6,11,13H,8-10,12,17H2,1-2H3,(H,18,19). The van der Waals surface area contributed by atoms with Gasteiger partial charge in [0.25, 0.3) is 0 Å². The topological polar surface area (TPSA) is 64.3 Å². The van der Waals surface area contributed by atoms with Gasteiger partial charge in [-0.25, -0.2) is 0 Å². The van der Waals surface area contributed by atoms with Crippen molar-refractivity contribution < 1.29 is 9.53 Å². The van der Waals surface area contributed by atoms with Crippen molar-refractivity contribution in [3.05, 3.63) is 35.4 Å². The van der Waals surface area contributed by atoms with Gasteiger partial charge in [0.2, 0.25) is 5.91 Å². The van der Waals surface area contributed by atoms with Crippen LogP contribution in [0.1, 0.15) is 30.9 Å². The van der Waals surface area contributed by atoms with Crippen LogP contribution in [0.25, 0.3) is 0 Å². The monoisotopic (exact) mass is 274 g/mol. The van der Waals surface area contributed by atoms with Crippen LogP contribution < -0.4 is 11.1 Å². The molecule has 3 N–H and O–H groups in total. The third-order valence-corrected chi connectivity index (χ3v) is 2.93. The van der Waals surface area contributed by atoms with Gasteiger partial charge in [-0.3, -0.25) is 4.79 Å². The Morgan fingerprint density at radius 1 is 1.50 bits per heavy atom. The first-order valence-corrected chi connectivity index (χ1v) is 6.73. The van der Waals surface area contributed by atoms with E-state index in [1.165, 1.54) is 0 Å². The highest BCUT2D eigenvalue weighted by Crippen LogP contribution is 2.05. The zero-order chi connectivity index (χ0) is 14.8. The molecule has 0 heterocycles. The molecular formula is C16H22N2O2. The van der Waals surface area contributed by atoms with Gasteiger partial charge in [-0.15, -0.1) is 0 Å². The number of hydrogen-bond donors (Lipinski definition) is 2. The second-order valence-corrected chi connectivity index (χ2v) is 4.57.